The number of phenolic OH excluding ortho intramolecular Hbond substituents is 1. The second kappa shape index (κ2) is 10.8. The summed E-state index contributed by atoms with van der Waals surface area (Å²) in [5.41, 5.74) is 0.0590. The molecule has 4 rings (SSSR count). The molecule has 3 aromatic rings. The lowest BCUT2D eigenvalue weighted by atomic mass is 10.1. The number of phenols is 1. The molecule has 0 amide bonds. The minimum atomic E-state index is -4.87. The van der Waals surface area contributed by atoms with Crippen molar-refractivity contribution >= 4 is 81.4 Å². The van der Waals surface area contributed by atoms with E-state index in [0.717, 1.165) is 18.2 Å². The lowest BCUT2D eigenvalue weighted by Crippen LogP contribution is -2.15. The van der Waals surface area contributed by atoms with E-state index in [1.807, 2.05) is 0 Å². The van der Waals surface area contributed by atoms with Crippen LogP contribution in [0.3, 0.4) is 0 Å². The van der Waals surface area contributed by atoms with Crippen molar-refractivity contribution in [3.05, 3.63) is 48.5 Å². The molecule has 0 heterocycles. The maximum Gasteiger partial charge on any atom is 0.397 e. The molecule has 18 heteroatoms. The highest BCUT2D eigenvalue weighted by Crippen LogP contribution is 2.43. The van der Waals surface area contributed by atoms with Gasteiger partial charge >= 0.3 is 10.4 Å². The third kappa shape index (κ3) is 6.96. The van der Waals surface area contributed by atoms with Crippen LogP contribution >= 0.6 is 23.2 Å². The highest BCUT2D eigenvalue weighted by Gasteiger charge is 2.48. The van der Waals surface area contributed by atoms with Gasteiger partial charge < -0.3 is 10.4 Å². The van der Waals surface area contributed by atoms with E-state index in [0.29, 0.717) is 5.69 Å². The number of rotatable bonds is 10. The second-order valence-electron chi connectivity index (χ2n) is 8.30. The van der Waals surface area contributed by atoms with Crippen molar-refractivity contribution in [3.8, 4) is 5.75 Å². The maximum absolute atomic E-state index is 12.3. The van der Waals surface area contributed by atoms with Gasteiger partial charge in [0.2, 0.25) is 0 Å². The molecular weight excluding hydrogens is 621 g/mol. The van der Waals surface area contributed by atoms with Crippen molar-refractivity contribution in [1.82, 2.24) is 0 Å². The fourth-order valence-corrected chi connectivity index (χ4v) is 6.33. The molecule has 0 spiro atoms. The summed E-state index contributed by atoms with van der Waals surface area (Å²) in [6.07, 6.45) is 0. The number of hydrogen-bond acceptors (Lipinski definition) is 11. The predicted octanol–water partition coefficient (Wildman–Crippen LogP) is 3.81. The smallest absolute Gasteiger partial charge is 0.397 e. The van der Waals surface area contributed by atoms with E-state index < -0.39 is 59.0 Å². The lowest BCUT2D eigenvalue weighted by molar-refractivity contribution is 0.284. The quantitative estimate of drug-likeness (QED) is 0.142. The zero-order valence-electron chi connectivity index (χ0n) is 19.3. The van der Waals surface area contributed by atoms with Crippen LogP contribution in [0.15, 0.2) is 68.6 Å². The van der Waals surface area contributed by atoms with E-state index in [4.69, 9.17) is 27.8 Å². The van der Waals surface area contributed by atoms with E-state index in [1.165, 1.54) is 24.3 Å². The third-order valence-electron chi connectivity index (χ3n) is 5.56. The van der Waals surface area contributed by atoms with Gasteiger partial charge in [-0.1, -0.05) is 0 Å². The first-order chi connectivity index (χ1) is 18.1. The maximum atomic E-state index is 12.3. The molecule has 1 saturated carbocycles. The van der Waals surface area contributed by atoms with E-state index in [1.54, 1.807) is 6.07 Å². The van der Waals surface area contributed by atoms with Crippen LogP contribution in [0.4, 0.5) is 17.1 Å². The summed E-state index contributed by atoms with van der Waals surface area (Å²) in [5, 5.41) is 21.4. The topological polar surface area (TPSA) is 209 Å². The molecule has 3 aromatic carbocycles. The van der Waals surface area contributed by atoms with Crippen LogP contribution < -0.4 is 5.32 Å². The summed E-state index contributed by atoms with van der Waals surface area (Å²) < 4.78 is 92.2. The van der Waals surface area contributed by atoms with Gasteiger partial charge in [-0.3, -0.25) is 9.11 Å². The average Bonchev–Trinajstić information content (AvgIpc) is 3.40. The van der Waals surface area contributed by atoms with Crippen molar-refractivity contribution in [2.45, 2.75) is 26.6 Å². The Morgan fingerprint density at radius 1 is 0.897 bits per heavy atom. The molecule has 0 aliphatic heterocycles. The Balaban J connectivity index is 1.61. The van der Waals surface area contributed by atoms with Crippen molar-refractivity contribution in [2.75, 3.05) is 17.7 Å². The number of benzene rings is 3. The van der Waals surface area contributed by atoms with E-state index in [2.05, 4.69) is 19.7 Å². The van der Waals surface area contributed by atoms with Crippen LogP contribution in [-0.2, 0) is 34.5 Å². The zero-order valence-corrected chi connectivity index (χ0v) is 23.3. The molecule has 0 saturated heterocycles. The van der Waals surface area contributed by atoms with Crippen molar-refractivity contribution in [1.29, 1.82) is 0 Å². The first-order valence-electron chi connectivity index (χ1n) is 10.8. The predicted molar refractivity (Wildman–Crippen MR) is 142 cm³/mol. The normalized spacial score (nSPS) is 19.9. The Morgan fingerprint density at radius 3 is 2.10 bits per heavy atom. The average molecular weight is 641 g/mol. The Bertz CT molecular complexity index is 1770. The highest BCUT2D eigenvalue weighted by molar-refractivity contribution is 7.91. The minimum absolute atomic E-state index is 0.0548. The van der Waals surface area contributed by atoms with Crippen molar-refractivity contribution in [2.24, 2.45) is 10.2 Å². The number of nitrogens with zero attached hydrogens (tertiary/aromatic N) is 2. The van der Waals surface area contributed by atoms with Gasteiger partial charge in [-0.25, -0.2) is 12.6 Å². The molecule has 2 atom stereocenters. The molecule has 0 bridgehead atoms. The third-order valence-corrected chi connectivity index (χ3v) is 9.80. The van der Waals surface area contributed by atoms with Crippen LogP contribution in [0, 0.1) is 0 Å². The number of alkyl halides is 2. The number of halogens is 2. The summed E-state index contributed by atoms with van der Waals surface area (Å²) in [7, 11) is -13.6. The summed E-state index contributed by atoms with van der Waals surface area (Å²) in [4.78, 5) is -0.938. The number of anilines is 1. The molecule has 13 nitrogen and oxygen atoms in total. The second-order valence-corrected chi connectivity index (χ2v) is 13.9. The van der Waals surface area contributed by atoms with Crippen LogP contribution in [-0.4, -0.2) is 68.6 Å². The van der Waals surface area contributed by atoms with Crippen LogP contribution in [0.5, 0.6) is 5.75 Å². The Hall–Kier alpha value is -2.57. The molecule has 1 aliphatic carbocycles. The number of fused-ring (bicyclic) bond motifs is 1. The SMILES string of the molecule is O=S(=O)(O)OCCS(=O)(=O)c1ccc(N=Nc2c(S(=O)(=O)O)cc3cc(NC4C(Cl)C4Cl)ccc3c2O)cc1. The molecule has 39 heavy (non-hydrogen) atoms. The minimum Gasteiger partial charge on any atom is -0.505 e. The largest absolute Gasteiger partial charge is 0.505 e. The van der Waals surface area contributed by atoms with Gasteiger partial charge in [-0.2, -0.15) is 21.9 Å². The van der Waals surface area contributed by atoms with Crippen LogP contribution in [0.1, 0.15) is 0 Å². The fraction of sp³-hybridized carbons (Fsp3) is 0.238. The van der Waals surface area contributed by atoms with Crippen LogP contribution in [0.25, 0.3) is 10.8 Å². The van der Waals surface area contributed by atoms with E-state index in [-0.39, 0.29) is 38.2 Å². The monoisotopic (exact) mass is 639 g/mol. The van der Waals surface area contributed by atoms with Gasteiger partial charge in [0.25, 0.3) is 10.1 Å². The van der Waals surface area contributed by atoms with Gasteiger partial charge in [-0.05, 0) is 53.9 Å². The Morgan fingerprint density at radius 2 is 1.54 bits per heavy atom. The summed E-state index contributed by atoms with van der Waals surface area (Å²) in [5.74, 6) is -1.32. The van der Waals surface area contributed by atoms with Crippen LogP contribution in [0.2, 0.25) is 0 Å². The zero-order chi connectivity index (χ0) is 28.8. The number of azo groups is 1. The summed E-state index contributed by atoms with van der Waals surface area (Å²) in [6, 6.07) is 10.3. The summed E-state index contributed by atoms with van der Waals surface area (Å²) in [6.45, 7) is -0.805. The first-order valence-corrected chi connectivity index (χ1v) is 16.1. The molecule has 4 N–H and O–H groups in total. The molecular formula is C21H19Cl2N3O10S3. The highest BCUT2D eigenvalue weighted by atomic mass is 35.5. The standard InChI is InChI=1S/C21H19Cl2N3O10S3/c22-17-18(23)20(17)24-13-3-6-15-11(9-13)10-16(38(30,31)32)19(21(15)27)26-25-12-1-4-14(5-2-12)37(28,29)8-7-36-39(33,34)35/h1-6,9-10,17-18,20,24,27H,7-8H2,(H,30,31,32)(H,33,34,35). The van der Waals surface area contributed by atoms with Gasteiger partial charge in [0.05, 0.1) is 39.7 Å². The Kier molecular flexibility index (Phi) is 8.13. The van der Waals surface area contributed by atoms with E-state index >= 15 is 0 Å². The number of nitrogens with one attached hydrogen (secondary N) is 1. The van der Waals surface area contributed by atoms with Crippen molar-refractivity contribution < 1.29 is 43.6 Å². The van der Waals surface area contributed by atoms with Gasteiger partial charge in [0, 0.05) is 11.1 Å². The fourth-order valence-electron chi connectivity index (χ4n) is 3.52. The first kappa shape index (κ1) is 29.4. The van der Waals surface area contributed by atoms with Gasteiger partial charge in [0.1, 0.15) is 10.6 Å². The summed E-state index contributed by atoms with van der Waals surface area (Å²) >= 11 is 12.0. The number of hydrogen-bond donors (Lipinski definition) is 4. The molecule has 210 valence electrons. The molecule has 1 aliphatic rings. The van der Waals surface area contributed by atoms with Gasteiger partial charge in [0.15, 0.2) is 15.6 Å². The van der Waals surface area contributed by atoms with Crippen molar-refractivity contribution in [3.63, 3.8) is 0 Å². The molecule has 2 unspecified atom stereocenters. The molecule has 1 fully saturated rings. The number of aromatic hydroxyl groups is 1. The molecule has 0 radical (unpaired) electrons. The van der Waals surface area contributed by atoms with E-state index in [9.17, 15) is 34.9 Å². The Labute approximate surface area is 233 Å². The number of sulfone groups is 1. The molecule has 0 aromatic heterocycles. The lowest BCUT2D eigenvalue weighted by Gasteiger charge is -2.11. The van der Waals surface area contributed by atoms with Gasteiger partial charge in [-0.15, -0.1) is 28.3 Å².